The molecule has 0 heterocycles. The van der Waals surface area contributed by atoms with E-state index in [1.807, 2.05) is 13.8 Å². The van der Waals surface area contributed by atoms with Gasteiger partial charge in [-0.2, -0.15) is 0 Å². The minimum absolute atomic E-state index is 0.476. The monoisotopic (exact) mass is 260 g/mol. The molecule has 1 aromatic carbocycles. The van der Waals surface area contributed by atoms with Gasteiger partial charge in [0.25, 0.3) is 0 Å². The summed E-state index contributed by atoms with van der Waals surface area (Å²) in [6.45, 7) is 4.04. The molecule has 0 unspecified atom stereocenters. The number of rotatable bonds is 1. The van der Waals surface area contributed by atoms with Crippen LogP contribution in [0, 0.1) is 13.8 Å². The van der Waals surface area contributed by atoms with Crippen LogP contribution in [0.3, 0.4) is 0 Å². The van der Waals surface area contributed by atoms with E-state index in [1.165, 1.54) is 63.4 Å². The first-order valence-electron chi connectivity index (χ1n) is 7.98. The average molecular weight is 260 g/mol. The minimum Gasteiger partial charge on any atom is -0.507 e. The van der Waals surface area contributed by atoms with Crippen LogP contribution in [0.15, 0.2) is 12.1 Å². The Labute approximate surface area is 118 Å². The number of benzene rings is 1. The molecule has 1 nitrogen and oxygen atoms in total. The lowest BCUT2D eigenvalue weighted by atomic mass is 9.85. The summed E-state index contributed by atoms with van der Waals surface area (Å²) in [5, 5.41) is 9.91. The van der Waals surface area contributed by atoms with E-state index in [9.17, 15) is 5.11 Å². The molecule has 1 saturated carbocycles. The molecule has 1 heteroatoms. The van der Waals surface area contributed by atoms with E-state index in [0.29, 0.717) is 11.7 Å². The molecule has 106 valence electrons. The smallest absolute Gasteiger partial charge is 0.121 e. The zero-order chi connectivity index (χ0) is 13.7. The Morgan fingerprint density at radius 1 is 0.789 bits per heavy atom. The van der Waals surface area contributed by atoms with Crippen molar-refractivity contribution in [3.8, 4) is 5.75 Å². The van der Waals surface area contributed by atoms with E-state index in [-0.39, 0.29) is 0 Å². The fourth-order valence-electron chi connectivity index (χ4n) is 3.37. The van der Waals surface area contributed by atoms with Gasteiger partial charge in [0, 0.05) is 0 Å². The second-order valence-electron chi connectivity index (χ2n) is 6.25. The van der Waals surface area contributed by atoms with Crippen LogP contribution < -0.4 is 0 Å². The summed E-state index contributed by atoms with van der Waals surface area (Å²) in [4.78, 5) is 0. The van der Waals surface area contributed by atoms with Crippen LogP contribution in [-0.4, -0.2) is 5.11 Å². The molecule has 0 saturated heterocycles. The number of aromatic hydroxyl groups is 1. The summed E-state index contributed by atoms with van der Waals surface area (Å²) in [6.07, 6.45) is 12.4. The third-order valence-corrected chi connectivity index (χ3v) is 4.59. The largest absolute Gasteiger partial charge is 0.507 e. The topological polar surface area (TPSA) is 20.2 Å². The van der Waals surface area contributed by atoms with Gasteiger partial charge < -0.3 is 5.11 Å². The normalized spacial score (nSPS) is 19.3. The van der Waals surface area contributed by atoms with Crippen LogP contribution >= 0.6 is 0 Å². The lowest BCUT2D eigenvalue weighted by molar-refractivity contribution is 0.456. The van der Waals surface area contributed by atoms with Gasteiger partial charge in [0.1, 0.15) is 5.75 Å². The van der Waals surface area contributed by atoms with Gasteiger partial charge in [-0.3, -0.25) is 0 Å². The summed E-state index contributed by atoms with van der Waals surface area (Å²) in [6, 6.07) is 4.41. The van der Waals surface area contributed by atoms with Crippen LogP contribution in [0.4, 0.5) is 0 Å². The standard InChI is InChI=1S/C18H28O/c1-14-12-17(13-15(2)18(14)19)16-10-8-6-4-3-5-7-9-11-16/h12-13,16,19H,3-11H2,1-2H3. The van der Waals surface area contributed by atoms with Gasteiger partial charge in [-0.1, -0.05) is 57.1 Å². The third kappa shape index (κ3) is 3.99. The summed E-state index contributed by atoms with van der Waals surface area (Å²) < 4.78 is 0. The molecule has 1 N–H and O–H groups in total. The minimum atomic E-state index is 0.476. The van der Waals surface area contributed by atoms with E-state index in [0.717, 1.165) is 11.1 Å². The lowest BCUT2D eigenvalue weighted by Gasteiger charge is -2.20. The van der Waals surface area contributed by atoms with Gasteiger partial charge in [0.15, 0.2) is 0 Å². The molecule has 1 aromatic rings. The van der Waals surface area contributed by atoms with Crippen LogP contribution in [0.1, 0.15) is 80.4 Å². The average Bonchev–Trinajstić information content (AvgIpc) is 2.41. The molecule has 1 aliphatic carbocycles. The fourth-order valence-corrected chi connectivity index (χ4v) is 3.37. The van der Waals surface area contributed by atoms with Crippen molar-refractivity contribution in [2.24, 2.45) is 0 Å². The van der Waals surface area contributed by atoms with E-state index >= 15 is 0 Å². The van der Waals surface area contributed by atoms with Gasteiger partial charge in [0.2, 0.25) is 0 Å². The Morgan fingerprint density at radius 3 is 1.68 bits per heavy atom. The first-order valence-corrected chi connectivity index (χ1v) is 7.98. The SMILES string of the molecule is Cc1cc(C2CCCCCCCCC2)cc(C)c1O. The fraction of sp³-hybridized carbons (Fsp3) is 0.667. The number of phenolic OH excluding ortho intramolecular Hbond substituents is 1. The van der Waals surface area contributed by atoms with Crippen molar-refractivity contribution >= 4 is 0 Å². The Balaban J connectivity index is 2.12. The number of aryl methyl sites for hydroxylation is 2. The molecule has 1 aliphatic rings. The Morgan fingerprint density at radius 2 is 1.21 bits per heavy atom. The summed E-state index contributed by atoms with van der Waals surface area (Å²) in [5.74, 6) is 1.18. The number of hydrogen-bond acceptors (Lipinski definition) is 1. The molecule has 0 amide bonds. The highest BCUT2D eigenvalue weighted by Gasteiger charge is 2.14. The Kier molecular flexibility index (Phi) is 5.30. The van der Waals surface area contributed by atoms with Gasteiger partial charge in [-0.25, -0.2) is 0 Å². The van der Waals surface area contributed by atoms with E-state index in [1.54, 1.807) is 0 Å². The Bertz CT molecular complexity index is 375. The molecule has 0 atom stereocenters. The lowest BCUT2D eigenvalue weighted by Crippen LogP contribution is -2.02. The first kappa shape index (κ1) is 14.4. The van der Waals surface area contributed by atoms with Crippen LogP contribution in [0.2, 0.25) is 0 Å². The molecular formula is C18H28O. The van der Waals surface area contributed by atoms with Crippen LogP contribution in [0.5, 0.6) is 5.75 Å². The zero-order valence-corrected chi connectivity index (χ0v) is 12.5. The maximum atomic E-state index is 9.91. The highest BCUT2D eigenvalue weighted by atomic mass is 16.3. The number of hydrogen-bond donors (Lipinski definition) is 1. The first-order chi connectivity index (χ1) is 9.18. The van der Waals surface area contributed by atoms with Gasteiger partial charge >= 0.3 is 0 Å². The zero-order valence-electron chi connectivity index (χ0n) is 12.5. The van der Waals surface area contributed by atoms with Crippen molar-refractivity contribution in [3.63, 3.8) is 0 Å². The van der Waals surface area contributed by atoms with Gasteiger partial charge in [-0.05, 0) is 49.3 Å². The molecule has 0 aromatic heterocycles. The predicted molar refractivity (Wildman–Crippen MR) is 81.9 cm³/mol. The van der Waals surface area contributed by atoms with Crippen molar-refractivity contribution in [1.29, 1.82) is 0 Å². The van der Waals surface area contributed by atoms with Crippen molar-refractivity contribution in [1.82, 2.24) is 0 Å². The molecule has 0 aliphatic heterocycles. The molecular weight excluding hydrogens is 232 g/mol. The van der Waals surface area contributed by atoms with Gasteiger partial charge in [-0.15, -0.1) is 0 Å². The quantitative estimate of drug-likeness (QED) is 0.695. The van der Waals surface area contributed by atoms with E-state index in [2.05, 4.69) is 12.1 Å². The van der Waals surface area contributed by atoms with Crippen molar-refractivity contribution < 1.29 is 5.11 Å². The van der Waals surface area contributed by atoms with Crippen molar-refractivity contribution in [3.05, 3.63) is 28.8 Å². The highest BCUT2D eigenvalue weighted by Crippen LogP contribution is 2.33. The molecule has 0 spiro atoms. The number of phenols is 1. The highest BCUT2D eigenvalue weighted by molar-refractivity contribution is 5.43. The second-order valence-corrected chi connectivity index (χ2v) is 6.25. The molecule has 1 fully saturated rings. The maximum absolute atomic E-state index is 9.91. The molecule has 0 bridgehead atoms. The van der Waals surface area contributed by atoms with Crippen molar-refractivity contribution in [2.45, 2.75) is 77.6 Å². The maximum Gasteiger partial charge on any atom is 0.121 e. The Hall–Kier alpha value is -0.980. The van der Waals surface area contributed by atoms with Gasteiger partial charge in [0.05, 0.1) is 0 Å². The molecule has 2 rings (SSSR count). The third-order valence-electron chi connectivity index (χ3n) is 4.59. The van der Waals surface area contributed by atoms with Crippen LogP contribution in [0.25, 0.3) is 0 Å². The van der Waals surface area contributed by atoms with E-state index in [4.69, 9.17) is 0 Å². The summed E-state index contributed by atoms with van der Waals surface area (Å²) >= 11 is 0. The van der Waals surface area contributed by atoms with E-state index < -0.39 is 0 Å². The van der Waals surface area contributed by atoms with Crippen molar-refractivity contribution in [2.75, 3.05) is 0 Å². The summed E-state index contributed by atoms with van der Waals surface area (Å²) in [7, 11) is 0. The van der Waals surface area contributed by atoms with Crippen LogP contribution in [-0.2, 0) is 0 Å². The molecule has 19 heavy (non-hydrogen) atoms. The predicted octanol–water partition coefficient (Wildman–Crippen LogP) is 5.62. The summed E-state index contributed by atoms with van der Waals surface area (Å²) in [5.41, 5.74) is 3.52. The molecule has 0 radical (unpaired) electrons. The second kappa shape index (κ2) is 6.98.